The van der Waals surface area contributed by atoms with E-state index in [4.69, 9.17) is 14.2 Å². The number of ether oxygens (including phenoxy) is 3. The third kappa shape index (κ3) is 5.09. The van der Waals surface area contributed by atoms with Gasteiger partial charge in [0.2, 0.25) is 0 Å². The molecule has 0 saturated carbocycles. The number of nitrogens with zero attached hydrogens (tertiary/aromatic N) is 1. The summed E-state index contributed by atoms with van der Waals surface area (Å²) in [6.07, 6.45) is -1.00. The molecule has 34 heavy (non-hydrogen) atoms. The number of carbonyl (C=O) groups is 1. The average Bonchev–Trinajstić information content (AvgIpc) is 2.86. The Balaban J connectivity index is 1.43. The maximum absolute atomic E-state index is 13.4. The summed E-state index contributed by atoms with van der Waals surface area (Å²) in [6.45, 7) is 2.22. The summed E-state index contributed by atoms with van der Waals surface area (Å²) in [5.74, 6) is 1.28. The van der Waals surface area contributed by atoms with Crippen LogP contribution in [0.2, 0.25) is 0 Å². The normalized spacial score (nSPS) is 15.1. The first-order chi connectivity index (χ1) is 16.4. The van der Waals surface area contributed by atoms with Crippen LogP contribution in [0.1, 0.15) is 5.56 Å². The molecule has 178 valence electrons. The van der Waals surface area contributed by atoms with Crippen molar-refractivity contribution in [3.8, 4) is 17.2 Å². The lowest BCUT2D eigenvalue weighted by atomic mass is 10.2. The molecule has 9 heteroatoms. The first-order valence-corrected chi connectivity index (χ1v) is 12.2. The second kappa shape index (κ2) is 10.0. The van der Waals surface area contributed by atoms with Crippen LogP contribution in [0.15, 0.2) is 77.7 Å². The molecule has 1 aliphatic heterocycles. The molecule has 3 aromatic carbocycles. The van der Waals surface area contributed by atoms with Gasteiger partial charge in [-0.2, -0.15) is 0 Å². The summed E-state index contributed by atoms with van der Waals surface area (Å²) in [5.41, 5.74) is 1.35. The number of methoxy groups -OCH3 is 1. The van der Waals surface area contributed by atoms with Crippen LogP contribution in [-0.4, -0.2) is 47.2 Å². The molecule has 0 fully saturated rings. The van der Waals surface area contributed by atoms with E-state index in [0.717, 1.165) is 11.3 Å². The van der Waals surface area contributed by atoms with E-state index in [1.54, 1.807) is 79.9 Å². The van der Waals surface area contributed by atoms with Gasteiger partial charge < -0.3 is 19.5 Å². The van der Waals surface area contributed by atoms with E-state index < -0.39 is 22.0 Å². The zero-order valence-corrected chi connectivity index (χ0v) is 19.7. The third-order valence-electron chi connectivity index (χ3n) is 5.37. The number of sulfonamides is 1. The molecular weight excluding hydrogens is 456 g/mol. The molecule has 0 aromatic heterocycles. The Morgan fingerprint density at radius 1 is 1.03 bits per heavy atom. The van der Waals surface area contributed by atoms with E-state index in [2.05, 4.69) is 5.32 Å². The van der Waals surface area contributed by atoms with Crippen LogP contribution in [-0.2, 0) is 14.8 Å². The summed E-state index contributed by atoms with van der Waals surface area (Å²) in [5, 5.41) is 2.76. The largest absolute Gasteiger partial charge is 0.497 e. The second-order valence-electron chi connectivity index (χ2n) is 7.74. The Hall–Kier alpha value is -3.72. The van der Waals surface area contributed by atoms with Gasteiger partial charge in [-0.3, -0.25) is 9.10 Å². The Labute approximate surface area is 199 Å². The fourth-order valence-electron chi connectivity index (χ4n) is 3.53. The average molecular weight is 483 g/mol. The van der Waals surface area contributed by atoms with E-state index in [1.165, 1.54) is 4.31 Å². The standard InChI is InChI=1S/C25H26N2O6S/c1-18-7-13-21(14-8-18)34(29,30)27-17-24(33-23-6-4-3-5-22(23)27)25(28)26-15-16-32-20-11-9-19(31-2)10-12-20/h3-14,24H,15-17H2,1-2H3,(H,26,28). The van der Waals surface area contributed by atoms with E-state index >= 15 is 0 Å². The minimum absolute atomic E-state index is 0.140. The van der Waals surface area contributed by atoms with Crippen molar-refractivity contribution in [3.63, 3.8) is 0 Å². The number of rotatable bonds is 8. The molecule has 8 nitrogen and oxygen atoms in total. The number of anilines is 1. The monoisotopic (exact) mass is 482 g/mol. The molecule has 1 atom stereocenters. The fourth-order valence-corrected chi connectivity index (χ4v) is 5.01. The van der Waals surface area contributed by atoms with Crippen LogP contribution in [0.5, 0.6) is 17.2 Å². The van der Waals surface area contributed by atoms with Gasteiger partial charge in [-0.1, -0.05) is 29.8 Å². The van der Waals surface area contributed by atoms with Crippen LogP contribution in [0.4, 0.5) is 5.69 Å². The highest BCUT2D eigenvalue weighted by molar-refractivity contribution is 7.92. The highest BCUT2D eigenvalue weighted by Gasteiger charge is 2.37. The number of nitrogens with one attached hydrogen (secondary N) is 1. The lowest BCUT2D eigenvalue weighted by Gasteiger charge is -2.34. The van der Waals surface area contributed by atoms with Crippen molar-refractivity contribution >= 4 is 21.6 Å². The predicted molar refractivity (Wildman–Crippen MR) is 128 cm³/mol. The van der Waals surface area contributed by atoms with Crippen molar-refractivity contribution < 1.29 is 27.4 Å². The van der Waals surface area contributed by atoms with E-state index in [9.17, 15) is 13.2 Å². The summed E-state index contributed by atoms with van der Waals surface area (Å²) >= 11 is 0. The molecule has 1 heterocycles. The van der Waals surface area contributed by atoms with Crippen molar-refractivity contribution in [1.82, 2.24) is 5.32 Å². The van der Waals surface area contributed by atoms with E-state index in [-0.39, 0.29) is 24.6 Å². The lowest BCUT2D eigenvalue weighted by molar-refractivity contribution is -0.127. The highest BCUT2D eigenvalue weighted by atomic mass is 32.2. The summed E-state index contributed by atoms with van der Waals surface area (Å²) < 4.78 is 44.6. The lowest BCUT2D eigenvalue weighted by Crippen LogP contribution is -2.51. The number of fused-ring (bicyclic) bond motifs is 1. The first kappa shape index (κ1) is 23.4. The van der Waals surface area contributed by atoms with Crippen molar-refractivity contribution in [1.29, 1.82) is 0 Å². The minimum atomic E-state index is -3.89. The van der Waals surface area contributed by atoms with Gasteiger partial charge in [0.1, 0.15) is 23.9 Å². The van der Waals surface area contributed by atoms with Gasteiger partial charge in [0.15, 0.2) is 6.10 Å². The summed E-state index contributed by atoms with van der Waals surface area (Å²) in [6, 6.07) is 20.5. The SMILES string of the molecule is COc1ccc(OCCNC(=O)C2CN(S(=O)(=O)c3ccc(C)cc3)c3ccccc3O2)cc1. The third-order valence-corrected chi connectivity index (χ3v) is 7.16. The Kier molecular flexibility index (Phi) is 6.93. The van der Waals surface area contributed by atoms with Gasteiger partial charge in [-0.15, -0.1) is 0 Å². The van der Waals surface area contributed by atoms with Crippen LogP contribution < -0.4 is 23.8 Å². The zero-order valence-electron chi connectivity index (χ0n) is 18.9. The number of para-hydroxylation sites is 2. The predicted octanol–water partition coefficient (Wildman–Crippen LogP) is 3.16. The van der Waals surface area contributed by atoms with Crippen LogP contribution in [0.3, 0.4) is 0 Å². The molecule has 4 rings (SSSR count). The van der Waals surface area contributed by atoms with E-state index in [1.807, 2.05) is 6.92 Å². The maximum atomic E-state index is 13.4. The number of amides is 1. The fraction of sp³-hybridized carbons (Fsp3) is 0.240. The molecule has 0 aliphatic carbocycles. The Morgan fingerprint density at radius 2 is 1.71 bits per heavy atom. The van der Waals surface area contributed by atoms with Crippen molar-refractivity contribution in [3.05, 3.63) is 78.4 Å². The number of carbonyl (C=O) groups excluding carboxylic acids is 1. The smallest absolute Gasteiger partial charge is 0.264 e. The molecule has 1 unspecified atom stereocenters. The molecule has 1 N–H and O–H groups in total. The molecule has 3 aromatic rings. The molecular formula is C25H26N2O6S. The number of hydrogen-bond donors (Lipinski definition) is 1. The zero-order chi connectivity index (χ0) is 24.1. The van der Waals surface area contributed by atoms with Crippen molar-refractivity contribution in [2.24, 2.45) is 0 Å². The maximum Gasteiger partial charge on any atom is 0.264 e. The molecule has 0 saturated heterocycles. The van der Waals surface area contributed by atoms with Gasteiger partial charge in [0.05, 0.1) is 30.8 Å². The molecule has 0 spiro atoms. The van der Waals surface area contributed by atoms with Crippen molar-refractivity contribution in [2.45, 2.75) is 17.9 Å². The van der Waals surface area contributed by atoms with Crippen LogP contribution in [0, 0.1) is 6.92 Å². The molecule has 1 amide bonds. The number of benzene rings is 3. The topological polar surface area (TPSA) is 94.2 Å². The Morgan fingerprint density at radius 3 is 2.41 bits per heavy atom. The van der Waals surface area contributed by atoms with Gasteiger partial charge in [-0.05, 0) is 55.5 Å². The first-order valence-electron chi connectivity index (χ1n) is 10.8. The van der Waals surface area contributed by atoms with Crippen molar-refractivity contribution in [2.75, 3.05) is 31.1 Å². The van der Waals surface area contributed by atoms with Crippen LogP contribution >= 0.6 is 0 Å². The number of aryl methyl sites for hydroxylation is 1. The Bertz CT molecular complexity index is 1240. The molecule has 0 radical (unpaired) electrons. The second-order valence-corrected chi connectivity index (χ2v) is 9.60. The molecule has 1 aliphatic rings. The summed E-state index contributed by atoms with van der Waals surface area (Å²) in [7, 11) is -2.30. The molecule has 0 bridgehead atoms. The highest BCUT2D eigenvalue weighted by Crippen LogP contribution is 2.36. The van der Waals surface area contributed by atoms with Gasteiger partial charge in [0, 0.05) is 0 Å². The van der Waals surface area contributed by atoms with Gasteiger partial charge in [-0.25, -0.2) is 8.42 Å². The minimum Gasteiger partial charge on any atom is -0.497 e. The van der Waals surface area contributed by atoms with E-state index in [0.29, 0.717) is 17.2 Å². The van der Waals surface area contributed by atoms with Crippen LogP contribution in [0.25, 0.3) is 0 Å². The number of hydrogen-bond acceptors (Lipinski definition) is 6. The van der Waals surface area contributed by atoms with Gasteiger partial charge >= 0.3 is 0 Å². The van der Waals surface area contributed by atoms with Gasteiger partial charge in [0.25, 0.3) is 15.9 Å². The summed E-state index contributed by atoms with van der Waals surface area (Å²) in [4.78, 5) is 13.0. The quantitative estimate of drug-likeness (QED) is 0.496.